The number of likely N-dealkylation sites (tertiary alicyclic amines) is 1. The number of nitrogens with zero attached hydrogens (tertiary/aromatic N) is 4. The summed E-state index contributed by atoms with van der Waals surface area (Å²) >= 11 is 0. The highest BCUT2D eigenvalue weighted by Gasteiger charge is 2.25. The van der Waals surface area contributed by atoms with Crippen molar-refractivity contribution in [3.05, 3.63) is 58.9 Å². The highest BCUT2D eigenvalue weighted by atomic mass is 16.2. The molecule has 5 heteroatoms. The maximum Gasteiger partial charge on any atom is 0.255 e. The Morgan fingerprint density at radius 1 is 1.11 bits per heavy atom. The molecule has 3 aromatic rings. The van der Waals surface area contributed by atoms with E-state index in [1.165, 1.54) is 5.56 Å². The van der Waals surface area contributed by atoms with Crippen molar-refractivity contribution in [3.63, 3.8) is 0 Å². The standard InChI is InChI=1S/C22H26N4O/c1-15-20(14-19-16(2)24-25(3)21(19)23-15)22(27)26-11-9-18(10-12-26)13-17-7-5-4-6-8-17/h4-8,14,18H,9-13H2,1-3H3. The van der Waals surface area contributed by atoms with Crippen LogP contribution in [0.2, 0.25) is 0 Å². The number of carbonyl (C=O) groups excluding carboxylic acids is 1. The average molecular weight is 362 g/mol. The van der Waals surface area contributed by atoms with Crippen molar-refractivity contribution in [2.24, 2.45) is 13.0 Å². The predicted molar refractivity (Wildman–Crippen MR) is 107 cm³/mol. The lowest BCUT2D eigenvalue weighted by Crippen LogP contribution is -2.39. The van der Waals surface area contributed by atoms with Gasteiger partial charge in [-0.05, 0) is 50.7 Å². The molecule has 140 valence electrons. The van der Waals surface area contributed by atoms with E-state index in [2.05, 4.69) is 40.4 Å². The molecule has 5 nitrogen and oxygen atoms in total. The molecule has 0 unspecified atom stereocenters. The van der Waals surface area contributed by atoms with Gasteiger partial charge in [-0.25, -0.2) is 4.98 Å². The van der Waals surface area contributed by atoms with Crippen molar-refractivity contribution in [1.82, 2.24) is 19.7 Å². The summed E-state index contributed by atoms with van der Waals surface area (Å²) in [6.07, 6.45) is 3.22. The first-order valence-electron chi connectivity index (χ1n) is 9.67. The van der Waals surface area contributed by atoms with Crippen molar-refractivity contribution in [1.29, 1.82) is 0 Å². The van der Waals surface area contributed by atoms with Crippen LogP contribution in [0.3, 0.4) is 0 Å². The lowest BCUT2D eigenvalue weighted by Gasteiger charge is -2.32. The Balaban J connectivity index is 1.47. The highest BCUT2D eigenvalue weighted by molar-refractivity contribution is 5.98. The Bertz CT molecular complexity index is 969. The fourth-order valence-corrected chi connectivity index (χ4v) is 4.11. The Labute approximate surface area is 160 Å². The molecule has 0 radical (unpaired) electrons. The van der Waals surface area contributed by atoms with Crippen molar-refractivity contribution < 1.29 is 4.79 Å². The van der Waals surface area contributed by atoms with Crippen LogP contribution >= 0.6 is 0 Å². The second-order valence-corrected chi connectivity index (χ2v) is 7.63. The molecule has 4 rings (SSSR count). The zero-order chi connectivity index (χ0) is 19.0. The number of benzene rings is 1. The number of hydrogen-bond donors (Lipinski definition) is 0. The second-order valence-electron chi connectivity index (χ2n) is 7.63. The van der Waals surface area contributed by atoms with Crippen LogP contribution < -0.4 is 0 Å². The molecule has 1 amide bonds. The molecule has 0 saturated carbocycles. The SMILES string of the molecule is Cc1nc2c(cc1C(=O)N1CCC(Cc3ccccc3)CC1)c(C)nn2C. The predicted octanol–water partition coefficient (Wildman–Crippen LogP) is 3.68. The molecule has 1 aliphatic heterocycles. The van der Waals surface area contributed by atoms with E-state index in [1.54, 1.807) is 4.68 Å². The molecule has 1 aliphatic rings. The van der Waals surface area contributed by atoms with Gasteiger partial charge in [-0.3, -0.25) is 9.48 Å². The first-order chi connectivity index (χ1) is 13.0. The summed E-state index contributed by atoms with van der Waals surface area (Å²) in [6, 6.07) is 12.6. The molecule has 1 aromatic carbocycles. The van der Waals surface area contributed by atoms with Gasteiger partial charge in [0.1, 0.15) is 0 Å². The molecular formula is C22H26N4O. The van der Waals surface area contributed by atoms with E-state index < -0.39 is 0 Å². The van der Waals surface area contributed by atoms with Gasteiger partial charge in [0.15, 0.2) is 5.65 Å². The van der Waals surface area contributed by atoms with Crippen molar-refractivity contribution >= 4 is 16.9 Å². The van der Waals surface area contributed by atoms with Gasteiger partial charge in [-0.2, -0.15) is 5.10 Å². The van der Waals surface area contributed by atoms with Gasteiger partial charge >= 0.3 is 0 Å². The van der Waals surface area contributed by atoms with Crippen LogP contribution in [0.5, 0.6) is 0 Å². The smallest absolute Gasteiger partial charge is 0.255 e. The zero-order valence-electron chi connectivity index (χ0n) is 16.3. The highest BCUT2D eigenvalue weighted by Crippen LogP contribution is 2.25. The Morgan fingerprint density at radius 2 is 1.81 bits per heavy atom. The molecule has 2 aromatic heterocycles. The van der Waals surface area contributed by atoms with Gasteiger partial charge in [-0.15, -0.1) is 0 Å². The number of carbonyl (C=O) groups is 1. The minimum Gasteiger partial charge on any atom is -0.339 e. The van der Waals surface area contributed by atoms with Crippen LogP contribution in [-0.2, 0) is 13.5 Å². The van der Waals surface area contributed by atoms with Crippen molar-refractivity contribution in [2.75, 3.05) is 13.1 Å². The fourth-order valence-electron chi connectivity index (χ4n) is 4.11. The van der Waals surface area contributed by atoms with Crippen LogP contribution in [0.1, 0.15) is 40.2 Å². The van der Waals surface area contributed by atoms with E-state index in [-0.39, 0.29) is 5.91 Å². The van der Waals surface area contributed by atoms with Crippen LogP contribution in [-0.4, -0.2) is 38.7 Å². The van der Waals surface area contributed by atoms with Crippen LogP contribution in [0.4, 0.5) is 0 Å². The monoisotopic (exact) mass is 362 g/mol. The van der Waals surface area contributed by atoms with E-state index in [9.17, 15) is 4.79 Å². The number of rotatable bonds is 3. The van der Waals surface area contributed by atoms with Gasteiger partial charge < -0.3 is 4.90 Å². The first kappa shape index (κ1) is 17.7. The van der Waals surface area contributed by atoms with E-state index in [1.807, 2.05) is 31.9 Å². The fraction of sp³-hybridized carbons (Fsp3) is 0.409. The summed E-state index contributed by atoms with van der Waals surface area (Å²) < 4.78 is 1.78. The molecule has 0 spiro atoms. The molecule has 0 bridgehead atoms. The lowest BCUT2D eigenvalue weighted by molar-refractivity contribution is 0.0689. The minimum absolute atomic E-state index is 0.100. The minimum atomic E-state index is 0.100. The molecule has 1 fully saturated rings. The number of pyridine rings is 1. The van der Waals surface area contributed by atoms with Gasteiger partial charge in [0, 0.05) is 25.5 Å². The maximum absolute atomic E-state index is 13.1. The van der Waals surface area contributed by atoms with Crippen LogP contribution in [0.25, 0.3) is 11.0 Å². The summed E-state index contributed by atoms with van der Waals surface area (Å²) in [6.45, 7) is 5.51. The molecule has 0 N–H and O–H groups in total. The first-order valence-corrected chi connectivity index (χ1v) is 9.67. The number of hydrogen-bond acceptors (Lipinski definition) is 3. The zero-order valence-corrected chi connectivity index (χ0v) is 16.3. The van der Waals surface area contributed by atoms with Crippen molar-refractivity contribution in [2.45, 2.75) is 33.1 Å². The molecule has 3 heterocycles. The molecule has 1 saturated heterocycles. The molecule has 0 aliphatic carbocycles. The molecule has 27 heavy (non-hydrogen) atoms. The third kappa shape index (κ3) is 3.46. The normalized spacial score (nSPS) is 15.4. The summed E-state index contributed by atoms with van der Waals surface area (Å²) in [5.74, 6) is 0.752. The summed E-state index contributed by atoms with van der Waals surface area (Å²) in [5, 5.41) is 5.39. The van der Waals surface area contributed by atoms with Gasteiger partial charge in [-0.1, -0.05) is 30.3 Å². The van der Waals surface area contributed by atoms with Gasteiger partial charge in [0.25, 0.3) is 5.91 Å². The van der Waals surface area contributed by atoms with E-state index in [4.69, 9.17) is 0 Å². The summed E-state index contributed by atoms with van der Waals surface area (Å²) in [7, 11) is 1.89. The Morgan fingerprint density at radius 3 is 2.52 bits per heavy atom. The van der Waals surface area contributed by atoms with Gasteiger partial charge in [0.05, 0.1) is 17.0 Å². The van der Waals surface area contributed by atoms with Gasteiger partial charge in [0.2, 0.25) is 0 Å². The summed E-state index contributed by atoms with van der Waals surface area (Å²) in [4.78, 5) is 19.7. The summed E-state index contributed by atoms with van der Waals surface area (Å²) in [5.41, 5.74) is 4.63. The number of aromatic nitrogens is 3. The van der Waals surface area contributed by atoms with Crippen LogP contribution in [0, 0.1) is 19.8 Å². The third-order valence-corrected chi connectivity index (χ3v) is 5.69. The largest absolute Gasteiger partial charge is 0.339 e. The molecule has 0 atom stereocenters. The number of aryl methyl sites for hydroxylation is 3. The van der Waals surface area contributed by atoms with Crippen molar-refractivity contribution in [3.8, 4) is 0 Å². The Kier molecular flexibility index (Phi) is 4.68. The van der Waals surface area contributed by atoms with E-state index in [0.29, 0.717) is 11.5 Å². The number of amides is 1. The number of fused-ring (bicyclic) bond motifs is 1. The Hall–Kier alpha value is -2.69. The second kappa shape index (κ2) is 7.14. The molecular weight excluding hydrogens is 336 g/mol. The van der Waals surface area contributed by atoms with E-state index in [0.717, 1.165) is 54.8 Å². The maximum atomic E-state index is 13.1. The third-order valence-electron chi connectivity index (χ3n) is 5.69. The lowest BCUT2D eigenvalue weighted by atomic mass is 9.90. The quantitative estimate of drug-likeness (QED) is 0.714. The van der Waals surface area contributed by atoms with Crippen LogP contribution in [0.15, 0.2) is 36.4 Å². The number of piperidine rings is 1. The van der Waals surface area contributed by atoms with E-state index >= 15 is 0 Å². The average Bonchev–Trinajstić information content (AvgIpc) is 2.95. The topological polar surface area (TPSA) is 51.0 Å².